The summed E-state index contributed by atoms with van der Waals surface area (Å²) in [4.78, 5) is 16.1. The Labute approximate surface area is 132 Å². The smallest absolute Gasteiger partial charge is 0.317 e. The highest BCUT2D eigenvalue weighted by Gasteiger charge is 2.26. The summed E-state index contributed by atoms with van der Waals surface area (Å²) in [6.45, 7) is 2.19. The maximum atomic E-state index is 12.2. The van der Waals surface area contributed by atoms with E-state index in [1.54, 1.807) is 4.90 Å². The molecule has 1 aromatic carbocycles. The van der Waals surface area contributed by atoms with E-state index in [0.717, 1.165) is 19.4 Å². The van der Waals surface area contributed by atoms with Crippen molar-refractivity contribution >= 4 is 6.03 Å². The molecule has 1 aromatic rings. The number of likely N-dealkylation sites (tertiary alicyclic amines) is 1. The van der Waals surface area contributed by atoms with Crippen molar-refractivity contribution in [3.8, 4) is 0 Å². The van der Waals surface area contributed by atoms with Crippen LogP contribution in [0.3, 0.4) is 0 Å². The van der Waals surface area contributed by atoms with Gasteiger partial charge >= 0.3 is 6.03 Å². The fourth-order valence-electron chi connectivity index (χ4n) is 2.81. The molecule has 0 spiro atoms. The van der Waals surface area contributed by atoms with Gasteiger partial charge in [-0.1, -0.05) is 30.3 Å². The lowest BCUT2D eigenvalue weighted by atomic mass is 10.1. The van der Waals surface area contributed by atoms with Crippen LogP contribution in [0, 0.1) is 5.92 Å². The Morgan fingerprint density at radius 3 is 2.73 bits per heavy atom. The van der Waals surface area contributed by atoms with Gasteiger partial charge in [0.25, 0.3) is 0 Å². The van der Waals surface area contributed by atoms with E-state index >= 15 is 0 Å². The molecule has 1 heterocycles. The van der Waals surface area contributed by atoms with Gasteiger partial charge in [-0.3, -0.25) is 0 Å². The van der Waals surface area contributed by atoms with Gasteiger partial charge in [-0.15, -0.1) is 0 Å². The zero-order valence-corrected chi connectivity index (χ0v) is 13.5. The molecule has 2 N–H and O–H groups in total. The van der Waals surface area contributed by atoms with Crippen LogP contribution < -0.4 is 5.32 Å². The first kappa shape index (κ1) is 16.8. The van der Waals surface area contributed by atoms with E-state index in [1.165, 1.54) is 5.56 Å². The molecule has 1 fully saturated rings. The standard InChI is InChI=1S/C17H27N3O2/c1-19(2)16(10-14-6-4-3-5-7-14)11-18-17(22)20-9-8-15(12-20)13-21/h3-7,15-16,21H,8-13H2,1-2H3,(H,18,22). The Morgan fingerprint density at radius 1 is 1.41 bits per heavy atom. The van der Waals surface area contributed by atoms with Crippen molar-refractivity contribution in [3.63, 3.8) is 0 Å². The third kappa shape index (κ3) is 4.71. The van der Waals surface area contributed by atoms with Gasteiger partial charge in [0.05, 0.1) is 0 Å². The second kappa shape index (κ2) is 8.15. The fourth-order valence-corrected chi connectivity index (χ4v) is 2.81. The van der Waals surface area contributed by atoms with Crippen molar-refractivity contribution in [1.82, 2.24) is 15.1 Å². The van der Waals surface area contributed by atoms with E-state index in [4.69, 9.17) is 5.11 Å². The summed E-state index contributed by atoms with van der Waals surface area (Å²) >= 11 is 0. The maximum absolute atomic E-state index is 12.2. The summed E-state index contributed by atoms with van der Waals surface area (Å²) in [5, 5.41) is 12.2. The highest BCUT2D eigenvalue weighted by atomic mass is 16.3. The molecule has 1 aliphatic rings. The van der Waals surface area contributed by atoms with Crippen LogP contribution in [0.2, 0.25) is 0 Å². The SMILES string of the molecule is CN(C)C(CNC(=O)N1CCC(CO)C1)Cc1ccccc1. The summed E-state index contributed by atoms with van der Waals surface area (Å²) in [5.74, 6) is 0.236. The minimum Gasteiger partial charge on any atom is -0.396 e. The molecule has 1 saturated heterocycles. The molecule has 2 amide bonds. The number of nitrogens with one attached hydrogen (secondary N) is 1. The average molecular weight is 305 g/mol. The molecule has 2 rings (SSSR count). The Balaban J connectivity index is 1.83. The van der Waals surface area contributed by atoms with Crippen molar-refractivity contribution < 1.29 is 9.90 Å². The summed E-state index contributed by atoms with van der Waals surface area (Å²) in [6, 6.07) is 10.6. The number of benzene rings is 1. The van der Waals surface area contributed by atoms with Crippen LogP contribution in [0.25, 0.3) is 0 Å². The maximum Gasteiger partial charge on any atom is 0.317 e. The predicted octanol–water partition coefficient (Wildman–Crippen LogP) is 1.18. The zero-order valence-electron chi connectivity index (χ0n) is 13.5. The Morgan fingerprint density at radius 2 is 2.14 bits per heavy atom. The monoisotopic (exact) mass is 305 g/mol. The Hall–Kier alpha value is -1.59. The highest BCUT2D eigenvalue weighted by Crippen LogP contribution is 2.15. The molecular formula is C17H27N3O2. The largest absolute Gasteiger partial charge is 0.396 e. The number of rotatable bonds is 6. The van der Waals surface area contributed by atoms with Gasteiger partial charge < -0.3 is 20.2 Å². The zero-order chi connectivity index (χ0) is 15.9. The van der Waals surface area contributed by atoms with E-state index < -0.39 is 0 Å². The molecule has 122 valence electrons. The molecule has 0 saturated carbocycles. The van der Waals surface area contributed by atoms with Crippen LogP contribution in [-0.4, -0.2) is 67.3 Å². The van der Waals surface area contributed by atoms with Gasteiger partial charge in [-0.25, -0.2) is 4.79 Å². The number of aliphatic hydroxyl groups excluding tert-OH is 1. The van der Waals surface area contributed by atoms with E-state index in [0.29, 0.717) is 13.1 Å². The van der Waals surface area contributed by atoms with Gasteiger partial charge in [0.2, 0.25) is 0 Å². The normalized spacial score (nSPS) is 19.5. The number of urea groups is 1. The van der Waals surface area contributed by atoms with Gasteiger partial charge in [0, 0.05) is 38.2 Å². The number of nitrogens with zero attached hydrogens (tertiary/aromatic N) is 2. The minimum absolute atomic E-state index is 0.0177. The van der Waals surface area contributed by atoms with E-state index in [2.05, 4.69) is 22.3 Å². The fraction of sp³-hybridized carbons (Fsp3) is 0.588. The quantitative estimate of drug-likeness (QED) is 0.830. The molecule has 0 bridgehead atoms. The number of likely N-dealkylation sites (N-methyl/N-ethyl adjacent to an activating group) is 1. The lowest BCUT2D eigenvalue weighted by Crippen LogP contribution is -2.46. The highest BCUT2D eigenvalue weighted by molar-refractivity contribution is 5.74. The van der Waals surface area contributed by atoms with Gasteiger partial charge in [-0.2, -0.15) is 0 Å². The number of amides is 2. The van der Waals surface area contributed by atoms with Crippen LogP contribution in [-0.2, 0) is 6.42 Å². The lowest BCUT2D eigenvalue weighted by molar-refractivity contribution is 0.193. The van der Waals surface area contributed by atoms with Crippen molar-refractivity contribution in [2.75, 3.05) is 40.3 Å². The van der Waals surface area contributed by atoms with Crippen molar-refractivity contribution in [2.24, 2.45) is 5.92 Å². The summed E-state index contributed by atoms with van der Waals surface area (Å²) in [7, 11) is 4.08. The minimum atomic E-state index is -0.0177. The van der Waals surface area contributed by atoms with E-state index in [9.17, 15) is 4.79 Å². The molecule has 2 unspecified atom stereocenters. The van der Waals surface area contributed by atoms with Crippen LogP contribution in [0.5, 0.6) is 0 Å². The topological polar surface area (TPSA) is 55.8 Å². The lowest BCUT2D eigenvalue weighted by Gasteiger charge is -2.26. The number of carbonyl (C=O) groups excluding carboxylic acids is 1. The van der Waals surface area contributed by atoms with Crippen LogP contribution >= 0.6 is 0 Å². The molecule has 0 aromatic heterocycles. The summed E-state index contributed by atoms with van der Waals surface area (Å²) < 4.78 is 0. The van der Waals surface area contributed by atoms with Gasteiger partial charge in [0.15, 0.2) is 0 Å². The number of hydrogen-bond acceptors (Lipinski definition) is 3. The Bertz CT molecular complexity index is 464. The van der Waals surface area contributed by atoms with E-state index in [1.807, 2.05) is 32.3 Å². The molecule has 0 aliphatic carbocycles. The molecule has 0 radical (unpaired) electrons. The first-order valence-corrected chi connectivity index (χ1v) is 7.94. The molecule has 2 atom stereocenters. The van der Waals surface area contributed by atoms with Crippen molar-refractivity contribution in [3.05, 3.63) is 35.9 Å². The van der Waals surface area contributed by atoms with Crippen LogP contribution in [0.4, 0.5) is 4.79 Å². The number of hydrogen-bond donors (Lipinski definition) is 2. The third-order valence-corrected chi connectivity index (χ3v) is 4.36. The van der Waals surface area contributed by atoms with Crippen molar-refractivity contribution in [2.45, 2.75) is 18.9 Å². The third-order valence-electron chi connectivity index (χ3n) is 4.36. The summed E-state index contributed by atoms with van der Waals surface area (Å²) in [6.07, 6.45) is 1.80. The Kier molecular flexibility index (Phi) is 6.21. The second-order valence-electron chi connectivity index (χ2n) is 6.28. The number of aliphatic hydroxyl groups is 1. The molecular weight excluding hydrogens is 278 g/mol. The molecule has 1 aliphatic heterocycles. The molecule has 22 heavy (non-hydrogen) atoms. The summed E-state index contributed by atoms with van der Waals surface area (Å²) in [5.41, 5.74) is 1.27. The van der Waals surface area contributed by atoms with Gasteiger partial charge in [-0.05, 0) is 32.5 Å². The first-order valence-electron chi connectivity index (χ1n) is 7.94. The molecule has 5 heteroatoms. The van der Waals surface area contributed by atoms with Crippen molar-refractivity contribution in [1.29, 1.82) is 0 Å². The van der Waals surface area contributed by atoms with Gasteiger partial charge in [0.1, 0.15) is 0 Å². The molecule has 5 nitrogen and oxygen atoms in total. The second-order valence-corrected chi connectivity index (χ2v) is 6.28. The van der Waals surface area contributed by atoms with E-state index in [-0.39, 0.29) is 24.6 Å². The first-order chi connectivity index (χ1) is 10.6. The predicted molar refractivity (Wildman–Crippen MR) is 87.8 cm³/mol. The van der Waals surface area contributed by atoms with Crippen LogP contribution in [0.1, 0.15) is 12.0 Å². The average Bonchev–Trinajstić information content (AvgIpc) is 3.01. The van der Waals surface area contributed by atoms with Crippen LogP contribution in [0.15, 0.2) is 30.3 Å². The number of carbonyl (C=O) groups is 1.